The van der Waals surface area contributed by atoms with Crippen molar-refractivity contribution < 1.29 is 23.9 Å². The van der Waals surface area contributed by atoms with Gasteiger partial charge in [0, 0.05) is 22.5 Å². The fourth-order valence-electron chi connectivity index (χ4n) is 6.82. The number of benzene rings is 4. The largest absolute Gasteiger partial charge is 0.452 e. The van der Waals surface area contributed by atoms with Crippen molar-refractivity contribution in [3.05, 3.63) is 129 Å². The van der Waals surface area contributed by atoms with Crippen LogP contribution >= 0.6 is 11.6 Å². The van der Waals surface area contributed by atoms with E-state index in [1.54, 1.807) is 37.3 Å². The molecule has 1 aliphatic heterocycles. The Labute approximate surface area is 247 Å². The van der Waals surface area contributed by atoms with Crippen molar-refractivity contribution in [2.75, 3.05) is 16.8 Å². The lowest BCUT2D eigenvalue weighted by Gasteiger charge is -2.45. The number of ether oxygens (including phenoxy) is 1. The number of esters is 1. The molecule has 208 valence electrons. The Bertz CT molecular complexity index is 1680. The van der Waals surface area contributed by atoms with Crippen molar-refractivity contribution >= 4 is 46.7 Å². The van der Waals surface area contributed by atoms with Gasteiger partial charge in [-0.1, -0.05) is 66.2 Å². The molecular formula is C34H25ClN2O5. The lowest BCUT2D eigenvalue weighted by atomic mass is 9.55. The van der Waals surface area contributed by atoms with E-state index < -0.39 is 30.3 Å². The van der Waals surface area contributed by atoms with Crippen molar-refractivity contribution in [3.8, 4) is 0 Å². The highest BCUT2D eigenvalue weighted by atomic mass is 35.5. The summed E-state index contributed by atoms with van der Waals surface area (Å²) in [7, 11) is 0. The van der Waals surface area contributed by atoms with Crippen molar-refractivity contribution in [2.24, 2.45) is 11.8 Å². The Balaban J connectivity index is 1.09. The van der Waals surface area contributed by atoms with E-state index in [0.29, 0.717) is 22.0 Å². The minimum absolute atomic E-state index is 0.190. The van der Waals surface area contributed by atoms with Crippen LogP contribution in [-0.2, 0) is 19.1 Å². The highest BCUT2D eigenvalue weighted by Gasteiger charge is 2.61. The molecule has 8 rings (SSSR count). The van der Waals surface area contributed by atoms with E-state index in [2.05, 4.69) is 29.6 Å². The summed E-state index contributed by atoms with van der Waals surface area (Å²) in [6, 6.07) is 27.5. The second kappa shape index (κ2) is 9.96. The van der Waals surface area contributed by atoms with E-state index in [1.165, 1.54) is 17.0 Å². The summed E-state index contributed by atoms with van der Waals surface area (Å²) in [6.45, 7) is 1.29. The molecule has 42 heavy (non-hydrogen) atoms. The van der Waals surface area contributed by atoms with Crippen LogP contribution in [0, 0.1) is 18.8 Å². The van der Waals surface area contributed by atoms with Crippen LogP contribution in [0.25, 0.3) is 0 Å². The van der Waals surface area contributed by atoms with Crippen molar-refractivity contribution in [1.29, 1.82) is 0 Å². The van der Waals surface area contributed by atoms with Crippen LogP contribution in [-0.4, -0.2) is 30.3 Å². The Hall–Kier alpha value is -4.75. The number of halogens is 1. The third kappa shape index (κ3) is 3.96. The standard InChI is InChI=1S/C34H25ClN2O5/c1-18-25(35)11-6-12-26(18)36-27(38)17-42-34(41)19-13-15-20(16-14-19)37-32(39)30-28-21-7-2-3-8-22(21)29(31(30)33(37)40)24-10-5-4-9-23(24)28/h2-16,28-31H,17H2,1H3,(H,36,38)/t28?,29?,30-,31+. The van der Waals surface area contributed by atoms with Gasteiger partial charge in [-0.15, -0.1) is 0 Å². The average Bonchev–Trinajstić information content (AvgIpc) is 3.28. The SMILES string of the molecule is Cc1c(Cl)cccc1NC(=O)COC(=O)c1ccc(N2C(=O)[C@@H]3C4c5ccccc5C(c5ccccc54)[C@@H]3C2=O)cc1. The Morgan fingerprint density at radius 1 is 0.762 bits per heavy atom. The molecule has 4 aromatic rings. The zero-order valence-corrected chi connectivity index (χ0v) is 23.3. The highest BCUT2D eigenvalue weighted by molar-refractivity contribution is 6.31. The maximum Gasteiger partial charge on any atom is 0.338 e. The van der Waals surface area contributed by atoms with Crippen molar-refractivity contribution in [1.82, 2.24) is 0 Å². The fraction of sp³-hybridized carbons (Fsp3) is 0.176. The van der Waals surface area contributed by atoms with Gasteiger partial charge < -0.3 is 10.1 Å². The second-order valence-electron chi connectivity index (χ2n) is 10.9. The highest BCUT2D eigenvalue weighted by Crippen LogP contribution is 2.61. The summed E-state index contributed by atoms with van der Waals surface area (Å²) in [5, 5.41) is 3.20. The summed E-state index contributed by atoms with van der Waals surface area (Å²) < 4.78 is 5.19. The number of carbonyl (C=O) groups is 4. The van der Waals surface area contributed by atoms with Gasteiger partial charge in [0.25, 0.3) is 5.91 Å². The topological polar surface area (TPSA) is 92.8 Å². The number of nitrogens with one attached hydrogen (secondary N) is 1. The van der Waals surface area contributed by atoms with Gasteiger partial charge in [0.1, 0.15) is 0 Å². The molecule has 7 nitrogen and oxygen atoms in total. The summed E-state index contributed by atoms with van der Waals surface area (Å²) in [5.41, 5.74) is 6.28. The first-order chi connectivity index (χ1) is 20.3. The molecule has 0 spiro atoms. The molecule has 1 fully saturated rings. The van der Waals surface area contributed by atoms with Gasteiger partial charge in [-0.2, -0.15) is 0 Å². The monoisotopic (exact) mass is 576 g/mol. The molecule has 2 atom stereocenters. The van der Waals surface area contributed by atoms with Crippen LogP contribution < -0.4 is 10.2 Å². The smallest absolute Gasteiger partial charge is 0.338 e. The number of amides is 3. The van der Waals surface area contributed by atoms with Gasteiger partial charge in [0.15, 0.2) is 6.61 Å². The fourth-order valence-corrected chi connectivity index (χ4v) is 7.00. The number of hydrogen-bond donors (Lipinski definition) is 1. The lowest BCUT2D eigenvalue weighted by molar-refractivity contribution is -0.122. The molecule has 2 bridgehead atoms. The molecule has 0 aromatic heterocycles. The van der Waals surface area contributed by atoms with Gasteiger partial charge in [-0.05, 0) is 71.1 Å². The maximum atomic E-state index is 13.9. The van der Waals surface area contributed by atoms with Crippen LogP contribution in [0.2, 0.25) is 5.02 Å². The third-order valence-electron chi connectivity index (χ3n) is 8.69. The molecular weight excluding hydrogens is 552 g/mol. The number of anilines is 2. The van der Waals surface area contributed by atoms with Gasteiger partial charge >= 0.3 is 5.97 Å². The van der Waals surface area contributed by atoms with Crippen molar-refractivity contribution in [2.45, 2.75) is 18.8 Å². The summed E-state index contributed by atoms with van der Waals surface area (Å²) in [6.07, 6.45) is 0. The van der Waals surface area contributed by atoms with E-state index in [1.807, 2.05) is 24.3 Å². The maximum absolute atomic E-state index is 13.9. The van der Waals surface area contributed by atoms with Gasteiger partial charge in [-0.3, -0.25) is 14.4 Å². The number of nitrogens with zero attached hydrogens (tertiary/aromatic N) is 1. The van der Waals surface area contributed by atoms with Crippen LogP contribution in [0.5, 0.6) is 0 Å². The van der Waals surface area contributed by atoms with Gasteiger partial charge in [-0.25, -0.2) is 9.69 Å². The Morgan fingerprint density at radius 3 is 1.81 bits per heavy atom. The quantitative estimate of drug-likeness (QED) is 0.238. The lowest BCUT2D eigenvalue weighted by Crippen LogP contribution is -2.41. The first-order valence-electron chi connectivity index (χ1n) is 13.7. The zero-order valence-electron chi connectivity index (χ0n) is 22.5. The van der Waals surface area contributed by atoms with E-state index in [0.717, 1.165) is 22.3 Å². The Morgan fingerprint density at radius 2 is 1.29 bits per heavy atom. The molecule has 0 unspecified atom stereocenters. The molecule has 3 aliphatic carbocycles. The zero-order chi connectivity index (χ0) is 29.1. The first kappa shape index (κ1) is 26.2. The van der Waals surface area contributed by atoms with E-state index in [-0.39, 0.29) is 29.2 Å². The van der Waals surface area contributed by atoms with Gasteiger partial charge in [0.05, 0.1) is 23.1 Å². The molecule has 3 amide bonds. The van der Waals surface area contributed by atoms with E-state index in [4.69, 9.17) is 16.3 Å². The van der Waals surface area contributed by atoms with Crippen molar-refractivity contribution in [3.63, 3.8) is 0 Å². The molecule has 4 aromatic carbocycles. The van der Waals surface area contributed by atoms with E-state index in [9.17, 15) is 19.2 Å². The molecule has 0 saturated carbocycles. The number of carbonyl (C=O) groups excluding carboxylic acids is 4. The predicted molar refractivity (Wildman–Crippen MR) is 158 cm³/mol. The second-order valence-corrected chi connectivity index (χ2v) is 11.3. The van der Waals surface area contributed by atoms with Gasteiger partial charge in [0.2, 0.25) is 11.8 Å². The number of hydrogen-bond acceptors (Lipinski definition) is 5. The average molecular weight is 577 g/mol. The molecule has 1 saturated heterocycles. The third-order valence-corrected chi connectivity index (χ3v) is 9.10. The number of imide groups is 1. The Kier molecular flexibility index (Phi) is 6.21. The van der Waals surface area contributed by atoms with Crippen LogP contribution in [0.4, 0.5) is 11.4 Å². The normalized spacial score (nSPS) is 21.4. The summed E-state index contributed by atoms with van der Waals surface area (Å²) in [4.78, 5) is 54.1. The molecule has 4 aliphatic rings. The van der Waals surface area contributed by atoms with Crippen LogP contribution in [0.3, 0.4) is 0 Å². The minimum atomic E-state index is -0.698. The first-order valence-corrected chi connectivity index (χ1v) is 14.1. The molecule has 1 N–H and O–H groups in total. The molecule has 8 heteroatoms. The minimum Gasteiger partial charge on any atom is -0.452 e. The van der Waals surface area contributed by atoms with E-state index >= 15 is 0 Å². The van der Waals surface area contributed by atoms with Crippen LogP contribution in [0.1, 0.15) is 50.0 Å². The summed E-state index contributed by atoms with van der Waals surface area (Å²) in [5.74, 6) is -3.01. The van der Waals surface area contributed by atoms with Crippen LogP contribution in [0.15, 0.2) is 91.0 Å². The molecule has 1 heterocycles. The number of rotatable bonds is 5. The summed E-state index contributed by atoms with van der Waals surface area (Å²) >= 11 is 6.10. The molecule has 0 radical (unpaired) electrons. The predicted octanol–water partition coefficient (Wildman–Crippen LogP) is 5.84.